The summed E-state index contributed by atoms with van der Waals surface area (Å²) < 4.78 is 10.7. The molecule has 0 spiro atoms. The van der Waals surface area contributed by atoms with Crippen molar-refractivity contribution in [3.05, 3.63) is 58.7 Å². The third-order valence-corrected chi connectivity index (χ3v) is 6.40. The highest BCUT2D eigenvalue weighted by Gasteiger charge is 2.28. The van der Waals surface area contributed by atoms with Crippen molar-refractivity contribution >= 4 is 23.6 Å². The maximum atomic E-state index is 13.2. The topological polar surface area (TPSA) is 67.9 Å². The number of methoxy groups -OCH3 is 2. The molecule has 1 aliphatic heterocycles. The number of thioether (sulfide) groups is 1. The molecule has 2 amide bonds. The van der Waals surface area contributed by atoms with Crippen LogP contribution in [0.1, 0.15) is 31.8 Å². The second-order valence-electron chi connectivity index (χ2n) is 7.31. The number of nitrogens with one attached hydrogen (secondary N) is 1. The number of aryl methyl sites for hydroxylation is 2. The van der Waals surface area contributed by atoms with E-state index in [1.165, 1.54) is 0 Å². The Morgan fingerprint density at radius 3 is 2.27 bits per heavy atom. The number of carbonyl (C=O) groups is 2. The second kappa shape index (κ2) is 9.89. The smallest absolute Gasteiger partial charge is 0.254 e. The Morgan fingerprint density at radius 1 is 1.03 bits per heavy atom. The van der Waals surface area contributed by atoms with Crippen LogP contribution < -0.4 is 14.8 Å². The standard InChI is InChI=1S/C23H28N2O4S/c1-15-5-7-17(11-20(15)28-3)22(26)24-13-19-14-30-10-9-25(19)23(27)18-8-6-16(2)21(12-18)29-4/h5-8,11-12,19H,9-10,13-14H2,1-4H3,(H,24,26)/t19-/m0/s1. The van der Waals surface area contributed by atoms with Crippen LogP contribution in [0.5, 0.6) is 11.5 Å². The molecule has 1 saturated heterocycles. The van der Waals surface area contributed by atoms with Gasteiger partial charge in [0.1, 0.15) is 11.5 Å². The molecule has 1 fully saturated rings. The van der Waals surface area contributed by atoms with E-state index in [0.717, 1.165) is 22.6 Å². The number of carbonyl (C=O) groups excluding carboxylic acids is 2. The van der Waals surface area contributed by atoms with Crippen LogP contribution >= 0.6 is 11.8 Å². The Bertz CT molecular complexity index is 931. The third kappa shape index (κ3) is 4.90. The molecule has 1 N–H and O–H groups in total. The molecule has 7 heteroatoms. The normalized spacial score (nSPS) is 16.1. The average Bonchev–Trinajstić information content (AvgIpc) is 2.77. The molecule has 160 valence electrons. The lowest BCUT2D eigenvalue weighted by atomic mass is 10.1. The van der Waals surface area contributed by atoms with Crippen molar-refractivity contribution in [2.24, 2.45) is 0 Å². The minimum absolute atomic E-state index is 0.0372. The van der Waals surface area contributed by atoms with E-state index in [4.69, 9.17) is 9.47 Å². The van der Waals surface area contributed by atoms with Crippen molar-refractivity contribution in [1.29, 1.82) is 0 Å². The van der Waals surface area contributed by atoms with Crippen LogP contribution in [0.3, 0.4) is 0 Å². The molecular formula is C23H28N2O4S. The van der Waals surface area contributed by atoms with Crippen molar-refractivity contribution in [3.63, 3.8) is 0 Å². The van der Waals surface area contributed by atoms with E-state index in [-0.39, 0.29) is 17.9 Å². The van der Waals surface area contributed by atoms with Gasteiger partial charge in [-0.25, -0.2) is 0 Å². The van der Waals surface area contributed by atoms with Crippen LogP contribution in [0.25, 0.3) is 0 Å². The molecule has 0 saturated carbocycles. The highest BCUT2D eigenvalue weighted by molar-refractivity contribution is 7.99. The predicted molar refractivity (Wildman–Crippen MR) is 120 cm³/mol. The summed E-state index contributed by atoms with van der Waals surface area (Å²) in [6.45, 7) is 4.93. The summed E-state index contributed by atoms with van der Waals surface area (Å²) in [5.41, 5.74) is 3.11. The number of nitrogens with zero attached hydrogens (tertiary/aromatic N) is 1. The van der Waals surface area contributed by atoms with Crippen LogP contribution in [-0.4, -0.2) is 61.6 Å². The molecular weight excluding hydrogens is 400 g/mol. The van der Waals surface area contributed by atoms with Crippen LogP contribution in [0.4, 0.5) is 0 Å². The molecule has 0 bridgehead atoms. The molecule has 2 aromatic rings. The van der Waals surface area contributed by atoms with Crippen LogP contribution in [0.2, 0.25) is 0 Å². The van der Waals surface area contributed by atoms with Gasteiger partial charge in [0.2, 0.25) is 0 Å². The van der Waals surface area contributed by atoms with Crippen molar-refractivity contribution in [2.75, 3.05) is 38.8 Å². The fraction of sp³-hybridized carbons (Fsp3) is 0.391. The van der Waals surface area contributed by atoms with E-state index in [1.54, 1.807) is 44.2 Å². The Kier molecular flexibility index (Phi) is 7.26. The SMILES string of the molecule is COc1cc(C(=O)NC[C@H]2CSCCN2C(=O)c2ccc(C)c(OC)c2)ccc1C. The summed E-state index contributed by atoms with van der Waals surface area (Å²) in [5.74, 6) is 2.84. The number of ether oxygens (including phenoxy) is 2. The number of hydrogen-bond donors (Lipinski definition) is 1. The molecule has 3 rings (SSSR count). The fourth-order valence-electron chi connectivity index (χ4n) is 3.48. The van der Waals surface area contributed by atoms with Crippen molar-refractivity contribution in [3.8, 4) is 11.5 Å². The van der Waals surface area contributed by atoms with Gasteiger partial charge in [0.25, 0.3) is 11.8 Å². The van der Waals surface area contributed by atoms with Gasteiger partial charge in [0.05, 0.1) is 20.3 Å². The lowest BCUT2D eigenvalue weighted by molar-refractivity contribution is 0.0691. The highest BCUT2D eigenvalue weighted by Crippen LogP contribution is 2.24. The zero-order valence-electron chi connectivity index (χ0n) is 17.9. The summed E-state index contributed by atoms with van der Waals surface area (Å²) >= 11 is 1.80. The maximum Gasteiger partial charge on any atom is 0.254 e. The van der Waals surface area contributed by atoms with Gasteiger partial charge in [0, 0.05) is 35.7 Å². The number of benzene rings is 2. The quantitative estimate of drug-likeness (QED) is 0.765. The average molecular weight is 429 g/mol. The van der Waals surface area contributed by atoms with Gasteiger partial charge in [0.15, 0.2) is 0 Å². The first-order valence-corrected chi connectivity index (χ1v) is 11.1. The molecule has 30 heavy (non-hydrogen) atoms. The fourth-order valence-corrected chi connectivity index (χ4v) is 4.55. The van der Waals surface area contributed by atoms with Crippen molar-refractivity contribution in [1.82, 2.24) is 10.2 Å². The van der Waals surface area contributed by atoms with Gasteiger partial charge in [-0.3, -0.25) is 9.59 Å². The Labute approximate surface area is 181 Å². The molecule has 0 radical (unpaired) electrons. The molecule has 2 aromatic carbocycles. The van der Waals surface area contributed by atoms with Gasteiger partial charge in [-0.05, 0) is 49.2 Å². The Balaban J connectivity index is 1.70. The predicted octanol–water partition coefficient (Wildman–Crippen LogP) is 3.31. The zero-order chi connectivity index (χ0) is 21.7. The van der Waals surface area contributed by atoms with Gasteiger partial charge in [-0.15, -0.1) is 0 Å². The van der Waals surface area contributed by atoms with Crippen molar-refractivity contribution < 1.29 is 19.1 Å². The van der Waals surface area contributed by atoms with E-state index < -0.39 is 0 Å². The van der Waals surface area contributed by atoms with Gasteiger partial charge in [-0.1, -0.05) is 12.1 Å². The lowest BCUT2D eigenvalue weighted by Crippen LogP contribution is -2.51. The minimum atomic E-state index is -0.173. The van der Waals surface area contributed by atoms with E-state index >= 15 is 0 Å². The van der Waals surface area contributed by atoms with Crippen LogP contribution in [-0.2, 0) is 0 Å². The van der Waals surface area contributed by atoms with E-state index in [2.05, 4.69) is 5.32 Å². The van der Waals surface area contributed by atoms with Gasteiger partial charge >= 0.3 is 0 Å². The van der Waals surface area contributed by atoms with Gasteiger partial charge < -0.3 is 19.7 Å². The maximum absolute atomic E-state index is 13.2. The Morgan fingerprint density at radius 2 is 1.63 bits per heavy atom. The summed E-state index contributed by atoms with van der Waals surface area (Å²) in [6, 6.07) is 10.8. The first-order chi connectivity index (χ1) is 14.4. The lowest BCUT2D eigenvalue weighted by Gasteiger charge is -2.35. The zero-order valence-corrected chi connectivity index (χ0v) is 18.7. The first kappa shape index (κ1) is 22.0. The van der Waals surface area contributed by atoms with Crippen molar-refractivity contribution in [2.45, 2.75) is 19.9 Å². The molecule has 0 aliphatic carbocycles. The largest absolute Gasteiger partial charge is 0.496 e. The summed E-state index contributed by atoms with van der Waals surface area (Å²) in [4.78, 5) is 27.7. The minimum Gasteiger partial charge on any atom is -0.496 e. The molecule has 6 nitrogen and oxygen atoms in total. The number of rotatable bonds is 6. The highest BCUT2D eigenvalue weighted by atomic mass is 32.2. The summed E-state index contributed by atoms with van der Waals surface area (Å²) in [7, 11) is 3.19. The van der Waals surface area contributed by atoms with Crippen LogP contribution in [0.15, 0.2) is 36.4 Å². The molecule has 1 atom stereocenters. The summed E-state index contributed by atoms with van der Waals surface area (Å²) in [5, 5.41) is 2.98. The second-order valence-corrected chi connectivity index (χ2v) is 8.46. The molecule has 0 aromatic heterocycles. The van der Waals surface area contributed by atoms with Crippen LogP contribution in [0, 0.1) is 13.8 Å². The first-order valence-electron chi connectivity index (χ1n) is 9.90. The van der Waals surface area contributed by atoms with E-state index in [1.807, 2.05) is 36.9 Å². The van der Waals surface area contributed by atoms with E-state index in [0.29, 0.717) is 35.7 Å². The molecule has 1 heterocycles. The number of amides is 2. The molecule has 0 unspecified atom stereocenters. The summed E-state index contributed by atoms with van der Waals surface area (Å²) in [6.07, 6.45) is 0. The number of hydrogen-bond acceptors (Lipinski definition) is 5. The monoisotopic (exact) mass is 428 g/mol. The van der Waals surface area contributed by atoms with E-state index in [9.17, 15) is 9.59 Å². The van der Waals surface area contributed by atoms with Gasteiger partial charge in [-0.2, -0.15) is 11.8 Å². The molecule has 1 aliphatic rings. The third-order valence-electron chi connectivity index (χ3n) is 5.31. The Hall–Kier alpha value is -2.67.